The molecule has 7 atom stereocenters. The molecule has 192 valence electrons. The second kappa shape index (κ2) is 10.6. The maximum atomic E-state index is 13.5. The predicted octanol–water partition coefficient (Wildman–Crippen LogP) is 1.81. The Kier molecular flexibility index (Phi) is 7.99. The van der Waals surface area contributed by atoms with Gasteiger partial charge in [-0.1, -0.05) is 6.92 Å². The second-order valence-electron chi connectivity index (χ2n) is 11.8. The maximum absolute atomic E-state index is 13.5. The van der Waals surface area contributed by atoms with Crippen LogP contribution < -0.4 is 21.4 Å². The molecule has 8 nitrogen and oxygen atoms in total. The van der Waals surface area contributed by atoms with Crippen molar-refractivity contribution in [2.75, 3.05) is 13.1 Å². The first-order valence-electron chi connectivity index (χ1n) is 13.5. The first-order chi connectivity index (χ1) is 16.2. The van der Waals surface area contributed by atoms with Crippen molar-refractivity contribution in [2.45, 2.75) is 97.4 Å². The molecule has 3 heterocycles. The molecule has 1 saturated carbocycles. The van der Waals surface area contributed by atoms with Crippen LogP contribution in [-0.2, 0) is 14.4 Å². The molecule has 4 rings (SSSR count). The number of hydrazine groups is 1. The van der Waals surface area contributed by atoms with E-state index in [1.54, 1.807) is 6.92 Å². The van der Waals surface area contributed by atoms with Gasteiger partial charge in [-0.2, -0.15) is 0 Å². The Labute approximate surface area is 204 Å². The summed E-state index contributed by atoms with van der Waals surface area (Å²) in [7, 11) is 0. The number of piperidine rings is 2. The molecule has 4 fully saturated rings. The lowest BCUT2D eigenvalue weighted by Crippen LogP contribution is -2.62. The van der Waals surface area contributed by atoms with Crippen LogP contribution in [0.1, 0.15) is 73.1 Å². The molecule has 1 aliphatic carbocycles. The molecule has 7 unspecified atom stereocenters. The minimum absolute atomic E-state index is 0.0587. The molecule has 0 aromatic heterocycles. The summed E-state index contributed by atoms with van der Waals surface area (Å²) < 4.78 is 0. The van der Waals surface area contributed by atoms with Gasteiger partial charge in [0, 0.05) is 49.0 Å². The largest absolute Gasteiger partial charge is 0.355 e. The first kappa shape index (κ1) is 25.6. The van der Waals surface area contributed by atoms with Crippen molar-refractivity contribution in [1.29, 1.82) is 0 Å². The standard InChI is InChI=1S/C26H45N5O3/c1-14(2)31-24-22(13-28-31)20(11-23(30-24)19-8-6-18(7-9-19)17(5)32)25(33)27-12-21-15(3)10-16(4)29-26(21)34/h14-16,18-24,28,30H,6-13H2,1-5H3,(H,27,33)(H,29,34). The molecule has 0 spiro atoms. The Morgan fingerprint density at radius 2 is 1.82 bits per heavy atom. The van der Waals surface area contributed by atoms with Crippen LogP contribution >= 0.6 is 0 Å². The van der Waals surface area contributed by atoms with Gasteiger partial charge < -0.3 is 10.6 Å². The Balaban J connectivity index is 1.43. The van der Waals surface area contributed by atoms with Gasteiger partial charge in [0.25, 0.3) is 0 Å². The van der Waals surface area contributed by atoms with Crippen molar-refractivity contribution < 1.29 is 14.4 Å². The fourth-order valence-electron chi connectivity index (χ4n) is 7.02. The summed E-state index contributed by atoms with van der Waals surface area (Å²) in [6.45, 7) is 11.4. The summed E-state index contributed by atoms with van der Waals surface area (Å²) in [6.07, 6.45) is 5.89. The lowest BCUT2D eigenvalue weighted by molar-refractivity contribution is -0.132. The van der Waals surface area contributed by atoms with Crippen LogP contribution in [0.15, 0.2) is 0 Å². The van der Waals surface area contributed by atoms with Crippen molar-refractivity contribution in [3.05, 3.63) is 0 Å². The minimum atomic E-state index is -0.163. The predicted molar refractivity (Wildman–Crippen MR) is 131 cm³/mol. The third kappa shape index (κ3) is 5.34. The molecule has 0 bridgehead atoms. The first-order valence-corrected chi connectivity index (χ1v) is 13.5. The number of nitrogens with zero attached hydrogens (tertiary/aromatic N) is 1. The van der Waals surface area contributed by atoms with E-state index in [1.807, 2.05) is 6.92 Å². The number of carbonyl (C=O) groups is 3. The van der Waals surface area contributed by atoms with Gasteiger partial charge in [0.2, 0.25) is 11.8 Å². The van der Waals surface area contributed by atoms with Crippen LogP contribution in [0.3, 0.4) is 0 Å². The van der Waals surface area contributed by atoms with Crippen molar-refractivity contribution in [1.82, 2.24) is 26.4 Å². The molecular weight excluding hydrogens is 430 g/mol. The van der Waals surface area contributed by atoms with Crippen LogP contribution in [-0.4, -0.2) is 60.0 Å². The Morgan fingerprint density at radius 1 is 1.12 bits per heavy atom. The molecule has 3 saturated heterocycles. The molecule has 2 amide bonds. The van der Waals surface area contributed by atoms with Gasteiger partial charge in [0.1, 0.15) is 5.78 Å². The minimum Gasteiger partial charge on any atom is -0.355 e. The van der Waals surface area contributed by atoms with E-state index in [0.717, 1.165) is 45.1 Å². The fourth-order valence-corrected chi connectivity index (χ4v) is 7.02. The highest BCUT2D eigenvalue weighted by Crippen LogP contribution is 2.39. The van der Waals surface area contributed by atoms with Crippen LogP contribution in [0, 0.1) is 35.5 Å². The number of rotatable bonds is 6. The highest BCUT2D eigenvalue weighted by Gasteiger charge is 2.49. The summed E-state index contributed by atoms with van der Waals surface area (Å²) in [6, 6.07) is 0.793. The highest BCUT2D eigenvalue weighted by atomic mass is 16.2. The summed E-state index contributed by atoms with van der Waals surface area (Å²) in [5, 5.41) is 12.4. The molecule has 0 aromatic carbocycles. The van der Waals surface area contributed by atoms with E-state index in [1.165, 1.54) is 0 Å². The topological polar surface area (TPSA) is 103 Å². The fraction of sp³-hybridized carbons (Fsp3) is 0.885. The number of nitrogens with one attached hydrogen (secondary N) is 4. The third-order valence-electron chi connectivity index (χ3n) is 9.07. The second-order valence-corrected chi connectivity index (χ2v) is 11.8. The van der Waals surface area contributed by atoms with Gasteiger partial charge in [-0.05, 0) is 78.1 Å². The van der Waals surface area contributed by atoms with Gasteiger partial charge in [0.05, 0.1) is 12.1 Å². The Morgan fingerprint density at radius 3 is 2.44 bits per heavy atom. The van der Waals surface area contributed by atoms with E-state index in [4.69, 9.17) is 0 Å². The zero-order valence-corrected chi connectivity index (χ0v) is 21.6. The molecule has 0 radical (unpaired) electrons. The summed E-state index contributed by atoms with van der Waals surface area (Å²) in [4.78, 5) is 37.9. The summed E-state index contributed by atoms with van der Waals surface area (Å²) in [5.74, 6) is 1.37. The molecule has 3 aliphatic heterocycles. The average Bonchev–Trinajstić information content (AvgIpc) is 3.22. The number of carbonyl (C=O) groups excluding carboxylic acids is 3. The van der Waals surface area contributed by atoms with Gasteiger partial charge in [-0.15, -0.1) is 0 Å². The van der Waals surface area contributed by atoms with Crippen LogP contribution in [0.25, 0.3) is 0 Å². The zero-order chi connectivity index (χ0) is 24.6. The molecule has 34 heavy (non-hydrogen) atoms. The van der Waals surface area contributed by atoms with Crippen molar-refractivity contribution in [3.8, 4) is 0 Å². The van der Waals surface area contributed by atoms with Gasteiger partial charge >= 0.3 is 0 Å². The number of Topliss-reactive ketones (excluding diaryl/α,β-unsaturated/α-hetero) is 1. The van der Waals surface area contributed by atoms with Crippen molar-refractivity contribution >= 4 is 17.6 Å². The zero-order valence-electron chi connectivity index (χ0n) is 21.6. The van der Waals surface area contributed by atoms with Gasteiger partial charge in [-0.3, -0.25) is 25.1 Å². The summed E-state index contributed by atoms with van der Waals surface area (Å²) >= 11 is 0. The van der Waals surface area contributed by atoms with Crippen molar-refractivity contribution in [2.24, 2.45) is 35.5 Å². The van der Waals surface area contributed by atoms with Crippen molar-refractivity contribution in [3.63, 3.8) is 0 Å². The van der Waals surface area contributed by atoms with E-state index in [-0.39, 0.29) is 59.7 Å². The third-order valence-corrected chi connectivity index (χ3v) is 9.07. The quantitative estimate of drug-likeness (QED) is 0.467. The molecule has 4 N–H and O–H groups in total. The highest BCUT2D eigenvalue weighted by molar-refractivity contribution is 5.83. The number of hydrogen-bond donors (Lipinski definition) is 4. The number of hydrogen-bond acceptors (Lipinski definition) is 6. The molecule has 4 aliphatic rings. The lowest BCUT2D eigenvalue weighted by Gasteiger charge is -2.45. The Hall–Kier alpha value is -1.51. The average molecular weight is 476 g/mol. The normalized spacial score (nSPS) is 41.1. The lowest BCUT2D eigenvalue weighted by atomic mass is 9.71. The van der Waals surface area contributed by atoms with E-state index in [9.17, 15) is 14.4 Å². The van der Waals surface area contributed by atoms with Crippen LogP contribution in [0.2, 0.25) is 0 Å². The van der Waals surface area contributed by atoms with E-state index in [0.29, 0.717) is 24.3 Å². The number of ketones is 1. The van der Waals surface area contributed by atoms with Gasteiger partial charge in [-0.25, -0.2) is 5.01 Å². The molecule has 0 aromatic rings. The Bertz CT molecular complexity index is 766. The molecule has 8 heteroatoms. The van der Waals surface area contributed by atoms with E-state index in [2.05, 4.69) is 47.2 Å². The molecular formula is C26H45N5O3. The number of fused-ring (bicyclic) bond motifs is 1. The van der Waals surface area contributed by atoms with E-state index < -0.39 is 0 Å². The van der Waals surface area contributed by atoms with Crippen LogP contribution in [0.4, 0.5) is 0 Å². The SMILES string of the molecule is CC(=O)C1CCC(C2CC(C(=O)NCC3C(=O)NC(C)CC3C)C3CNN(C(C)C)C3N2)CC1. The maximum Gasteiger partial charge on any atom is 0.225 e. The van der Waals surface area contributed by atoms with E-state index >= 15 is 0 Å². The smallest absolute Gasteiger partial charge is 0.225 e. The van der Waals surface area contributed by atoms with Crippen LogP contribution in [0.5, 0.6) is 0 Å². The van der Waals surface area contributed by atoms with Gasteiger partial charge in [0.15, 0.2) is 0 Å². The monoisotopic (exact) mass is 475 g/mol. The summed E-state index contributed by atoms with van der Waals surface area (Å²) in [5.41, 5.74) is 3.53. The number of amides is 2.